The predicted molar refractivity (Wildman–Crippen MR) is 24.0 cm³/mol. The molecule has 0 N–H and O–H groups in total. The Morgan fingerprint density at radius 1 is 1.00 bits per heavy atom. The molecule has 0 spiro atoms. The van der Waals surface area contributed by atoms with Crippen LogP contribution in [0.3, 0.4) is 0 Å². The van der Waals surface area contributed by atoms with Crippen molar-refractivity contribution in [2.75, 3.05) is 0 Å². The van der Waals surface area contributed by atoms with E-state index in [0.29, 0.717) is 0 Å². The lowest BCUT2D eigenvalue weighted by molar-refractivity contribution is 2.50. The van der Waals surface area contributed by atoms with Gasteiger partial charge in [-0.1, -0.05) is 7.43 Å². The monoisotopic (exact) mass is 49.1 g/mol. The molecule has 0 amide bonds. The van der Waals surface area contributed by atoms with E-state index >= 15 is 0 Å². The van der Waals surface area contributed by atoms with Gasteiger partial charge in [-0.3, -0.25) is 0 Å². The Kier molecular flexibility index (Phi) is 3040. The van der Waals surface area contributed by atoms with Gasteiger partial charge in [-0.05, 0) is 0 Å². The minimum atomic E-state index is 0. The predicted octanol–water partition coefficient (Wildman–Crippen LogP) is -0.506. The van der Waals surface area contributed by atoms with Gasteiger partial charge < -0.3 is 0 Å². The molecule has 0 atom stereocenters. The normalized spacial score (nSPS) is 1.00. The van der Waals surface area contributed by atoms with Gasteiger partial charge in [-0.15, -0.1) is 0 Å². The van der Waals surface area contributed by atoms with Crippen LogP contribution in [0.5, 0.6) is 0 Å². The van der Waals surface area contributed by atoms with Gasteiger partial charge in [0.05, 0.1) is 0 Å². The number of hydrogen-bond acceptors (Lipinski definition) is 0. The Labute approximate surface area is 32.4 Å². The quantitative estimate of drug-likeness (QED) is 0.324. The molecule has 0 bridgehead atoms. The van der Waals surface area contributed by atoms with Crippen molar-refractivity contribution in [3.8, 4) is 0 Å². The van der Waals surface area contributed by atoms with Gasteiger partial charge in [0.25, 0.3) is 0 Å². The fourth-order valence-corrected chi connectivity index (χ4v) is 0. The summed E-state index contributed by atoms with van der Waals surface area (Å²) in [4.78, 5) is 0. The van der Waals surface area contributed by atoms with Gasteiger partial charge in [0, 0.05) is 23.9 Å². The molecule has 0 heterocycles. The lowest BCUT2D eigenvalue weighted by atomic mass is 9.81. The maximum Gasteiger partial charge on any atom is 0 e. The Morgan fingerprint density at radius 3 is 1.00 bits per heavy atom. The zero-order valence-corrected chi connectivity index (χ0v) is 1.73. The minimum Gasteiger partial charge on any atom is -0.0776 e. The van der Waals surface area contributed by atoms with E-state index in [0.717, 1.165) is 0 Å². The van der Waals surface area contributed by atoms with Crippen molar-refractivity contribution >= 4 is 23.9 Å². The Hall–Kier alpha value is 0.195. The lowest BCUT2D eigenvalue weighted by Gasteiger charge is -1.00. The lowest BCUT2D eigenvalue weighted by Crippen LogP contribution is -1.38. The third kappa shape index (κ3) is 82.6. The molecule has 17 valence electrons. The second-order valence-electron chi connectivity index (χ2n) is 0. The summed E-state index contributed by atoms with van der Waals surface area (Å²) in [5, 5.41) is 0. The summed E-state index contributed by atoms with van der Waals surface area (Å²) in [5.41, 5.74) is 0. The van der Waals surface area contributed by atoms with Crippen LogP contribution < -0.4 is 0 Å². The Balaban J connectivity index is -0.00000000500. The van der Waals surface area contributed by atoms with Crippen LogP contribution in [0.15, 0.2) is 0 Å². The van der Waals surface area contributed by atoms with Gasteiger partial charge in [0.15, 0.2) is 0 Å². The first-order valence-electron chi connectivity index (χ1n) is 0.333. The van der Waals surface area contributed by atoms with E-state index in [1.807, 2.05) is 0 Å². The van der Waals surface area contributed by atoms with Crippen LogP contribution in [0.2, 0.25) is 0 Å². The summed E-state index contributed by atoms with van der Waals surface area (Å²) in [7, 11) is 8.00. The highest BCUT2D eigenvalue weighted by atomic mass is 12.0. The van der Waals surface area contributed by atoms with Crippen LogP contribution in [-0.2, 0) is 0 Å². The summed E-state index contributed by atoms with van der Waals surface area (Å²) in [6.45, 7) is 0. The van der Waals surface area contributed by atoms with Gasteiger partial charge in [0.2, 0.25) is 0 Å². The van der Waals surface area contributed by atoms with E-state index in [-0.39, 0.29) is 15.8 Å². The highest BCUT2D eigenvalue weighted by molar-refractivity contribution is 6.75. The molecule has 7 radical (unpaired) electrons. The molecule has 3 heteroatoms. The maximum absolute atomic E-state index is 4.00. The summed E-state index contributed by atoms with van der Waals surface area (Å²) in [6, 6.07) is 0. The number of hydrogen-bond donors (Lipinski definition) is 0. The molecule has 0 saturated heterocycles. The van der Waals surface area contributed by atoms with Crippen molar-refractivity contribution < 1.29 is 0 Å². The summed E-state index contributed by atoms with van der Waals surface area (Å²) in [5.74, 6) is 0. The molecule has 0 aromatic rings. The summed E-state index contributed by atoms with van der Waals surface area (Å²) < 4.78 is 0. The van der Waals surface area contributed by atoms with Gasteiger partial charge in [-0.2, -0.15) is 0 Å². The maximum atomic E-state index is 4.00. The topological polar surface area (TPSA) is 0 Å². The summed E-state index contributed by atoms with van der Waals surface area (Å²) in [6.07, 6.45) is 0. The molecule has 0 fully saturated rings. The van der Waals surface area contributed by atoms with E-state index in [1.165, 1.54) is 0 Å². The van der Waals surface area contributed by atoms with E-state index in [1.54, 1.807) is 0 Å². The molecule has 0 rings (SSSR count). The zero-order chi connectivity index (χ0) is 2.00. The molecule has 0 unspecified atom stereocenters. The van der Waals surface area contributed by atoms with E-state index in [2.05, 4.69) is 15.5 Å². The van der Waals surface area contributed by atoms with Crippen molar-refractivity contribution in [3.05, 3.63) is 0 Å². The van der Waals surface area contributed by atoms with Crippen LogP contribution in [-0.4, -0.2) is 23.9 Å². The number of rotatable bonds is 0. The molecule has 0 aliphatic carbocycles. The average Bonchev–Trinajstić information content (AvgIpc) is 1.00. The van der Waals surface area contributed by atoms with Crippen molar-refractivity contribution in [2.24, 2.45) is 0 Å². The molecule has 0 saturated carbocycles. The molecule has 0 aliphatic rings. The SMILES string of the molecule is C.[B].[B][B]. The van der Waals surface area contributed by atoms with Gasteiger partial charge >= 0.3 is 0 Å². The van der Waals surface area contributed by atoms with Crippen LogP contribution in [0.1, 0.15) is 7.43 Å². The van der Waals surface area contributed by atoms with Crippen molar-refractivity contribution in [1.82, 2.24) is 0 Å². The standard InChI is InChI=1S/CH4.B2.B/c;1-2;/h1H4;;. The second kappa shape index (κ2) is 406. The fourth-order valence-electron chi connectivity index (χ4n) is 0. The molecule has 4 heavy (non-hydrogen) atoms. The van der Waals surface area contributed by atoms with Crippen LogP contribution >= 0.6 is 0 Å². The fraction of sp³-hybridized carbons (Fsp3) is 1.00. The van der Waals surface area contributed by atoms with Crippen LogP contribution in [0.25, 0.3) is 0 Å². The minimum absolute atomic E-state index is 0. The van der Waals surface area contributed by atoms with Crippen molar-refractivity contribution in [3.63, 3.8) is 0 Å². The molecule has 0 nitrogen and oxygen atoms in total. The van der Waals surface area contributed by atoms with Crippen molar-refractivity contribution in [1.29, 1.82) is 0 Å². The average molecular weight is 48.5 g/mol. The third-order valence-electron chi connectivity index (χ3n) is 0. The molecular formula is CH4B3. The third-order valence-corrected chi connectivity index (χ3v) is 0. The first-order chi connectivity index (χ1) is 1.00. The Morgan fingerprint density at radius 2 is 1.00 bits per heavy atom. The molecule has 0 aliphatic heterocycles. The highest BCUT2D eigenvalue weighted by Gasteiger charge is 1.00. The van der Waals surface area contributed by atoms with Gasteiger partial charge in [-0.25, -0.2) is 0 Å². The first-order valence-corrected chi connectivity index (χ1v) is 0.333. The smallest absolute Gasteiger partial charge is 0 e. The zero-order valence-electron chi connectivity index (χ0n) is 1.73. The largest absolute Gasteiger partial charge is 0.0776 e. The first kappa shape index (κ1) is 30.0. The van der Waals surface area contributed by atoms with E-state index in [9.17, 15) is 0 Å². The molecular weight excluding hydrogens is 44.4 g/mol. The van der Waals surface area contributed by atoms with Crippen molar-refractivity contribution in [2.45, 2.75) is 7.43 Å². The highest BCUT2D eigenvalue weighted by Crippen LogP contribution is 0.619. The Bertz CT molecular complexity index is 3.25. The van der Waals surface area contributed by atoms with E-state index in [4.69, 9.17) is 0 Å². The second-order valence-corrected chi connectivity index (χ2v) is 0. The van der Waals surface area contributed by atoms with Crippen LogP contribution in [0, 0.1) is 0 Å². The van der Waals surface area contributed by atoms with E-state index < -0.39 is 0 Å². The molecule has 0 aromatic carbocycles. The van der Waals surface area contributed by atoms with Crippen LogP contribution in [0.4, 0.5) is 0 Å². The molecule has 0 aromatic heterocycles. The summed E-state index contributed by atoms with van der Waals surface area (Å²) >= 11 is 0. The van der Waals surface area contributed by atoms with Gasteiger partial charge in [0.1, 0.15) is 0 Å².